The molecule has 2 aromatic heterocycles. The van der Waals surface area contributed by atoms with E-state index in [9.17, 15) is 4.79 Å². The fraction of sp³-hybridized carbons (Fsp3) is 0.167. The second kappa shape index (κ2) is 7.23. The molecule has 0 fully saturated rings. The number of anilines is 1. The molecule has 122 valence electrons. The molecule has 24 heavy (non-hydrogen) atoms. The zero-order chi connectivity index (χ0) is 16.9. The standard InChI is InChI=1S/C18H17N3O2S/c1-3-23-18-15(8-5-9-19-18)17(22)21-14-7-4-6-13(10-14)16-11-24-12(2)20-16/h4-11H,3H2,1-2H3,(H,21,22). The molecule has 2 heterocycles. The SMILES string of the molecule is CCOc1ncccc1C(=O)Nc1cccc(-c2csc(C)n2)c1. The fourth-order valence-corrected chi connectivity index (χ4v) is 2.89. The number of benzene rings is 1. The van der Waals surface area contributed by atoms with Gasteiger partial charge in [0.25, 0.3) is 5.91 Å². The van der Waals surface area contributed by atoms with Gasteiger partial charge in [0.2, 0.25) is 5.88 Å². The predicted molar refractivity (Wildman–Crippen MR) is 95.6 cm³/mol. The normalized spacial score (nSPS) is 10.4. The van der Waals surface area contributed by atoms with Gasteiger partial charge in [-0.25, -0.2) is 9.97 Å². The Hall–Kier alpha value is -2.73. The lowest BCUT2D eigenvalue weighted by atomic mass is 10.1. The molecule has 0 unspecified atom stereocenters. The van der Waals surface area contributed by atoms with Crippen molar-refractivity contribution in [3.63, 3.8) is 0 Å². The van der Waals surface area contributed by atoms with Gasteiger partial charge in [0.1, 0.15) is 5.56 Å². The Balaban J connectivity index is 1.83. The molecule has 1 amide bonds. The number of carbonyl (C=O) groups is 1. The van der Waals surface area contributed by atoms with E-state index in [1.807, 2.05) is 43.5 Å². The third kappa shape index (κ3) is 3.60. The van der Waals surface area contributed by atoms with Gasteiger partial charge in [-0.1, -0.05) is 12.1 Å². The van der Waals surface area contributed by atoms with Crippen LogP contribution in [0.2, 0.25) is 0 Å². The minimum atomic E-state index is -0.252. The lowest BCUT2D eigenvalue weighted by Gasteiger charge is -2.10. The highest BCUT2D eigenvalue weighted by Gasteiger charge is 2.14. The van der Waals surface area contributed by atoms with Crippen LogP contribution in [0.15, 0.2) is 48.0 Å². The number of hydrogen-bond acceptors (Lipinski definition) is 5. The van der Waals surface area contributed by atoms with E-state index in [4.69, 9.17) is 4.74 Å². The molecule has 0 aliphatic carbocycles. The quantitative estimate of drug-likeness (QED) is 0.758. The number of pyridine rings is 1. The second-order valence-electron chi connectivity index (χ2n) is 5.08. The van der Waals surface area contributed by atoms with Crippen LogP contribution in [0.4, 0.5) is 5.69 Å². The summed E-state index contributed by atoms with van der Waals surface area (Å²) in [7, 11) is 0. The number of nitrogens with zero attached hydrogens (tertiary/aromatic N) is 2. The van der Waals surface area contributed by atoms with E-state index in [1.165, 1.54) is 0 Å². The molecule has 0 aliphatic heterocycles. The van der Waals surface area contributed by atoms with Crippen LogP contribution >= 0.6 is 11.3 Å². The Morgan fingerprint density at radius 1 is 1.29 bits per heavy atom. The third-order valence-electron chi connectivity index (χ3n) is 3.33. The molecule has 0 bridgehead atoms. The summed E-state index contributed by atoms with van der Waals surface area (Å²) in [6.07, 6.45) is 1.60. The van der Waals surface area contributed by atoms with Gasteiger partial charge in [-0.3, -0.25) is 4.79 Å². The molecule has 0 aliphatic rings. The van der Waals surface area contributed by atoms with Crippen LogP contribution in [0.5, 0.6) is 5.88 Å². The van der Waals surface area contributed by atoms with Gasteiger partial charge in [0.15, 0.2) is 0 Å². The Labute approximate surface area is 144 Å². The summed E-state index contributed by atoms with van der Waals surface area (Å²) in [6.45, 7) is 4.28. The van der Waals surface area contributed by atoms with E-state index >= 15 is 0 Å². The average Bonchev–Trinajstić information content (AvgIpc) is 3.02. The monoisotopic (exact) mass is 339 g/mol. The number of aromatic nitrogens is 2. The van der Waals surface area contributed by atoms with Gasteiger partial charge < -0.3 is 10.1 Å². The summed E-state index contributed by atoms with van der Waals surface area (Å²) in [6, 6.07) is 11.0. The van der Waals surface area contributed by atoms with Gasteiger partial charge in [0, 0.05) is 22.8 Å². The molecular formula is C18H17N3O2S. The molecule has 3 rings (SSSR count). The number of rotatable bonds is 5. The van der Waals surface area contributed by atoms with Crippen molar-refractivity contribution in [2.45, 2.75) is 13.8 Å². The first-order valence-corrected chi connectivity index (χ1v) is 8.47. The molecule has 6 heteroatoms. The van der Waals surface area contributed by atoms with Crippen LogP contribution in [-0.4, -0.2) is 22.5 Å². The van der Waals surface area contributed by atoms with E-state index in [0.29, 0.717) is 23.7 Å². The molecule has 5 nitrogen and oxygen atoms in total. The highest BCUT2D eigenvalue weighted by Crippen LogP contribution is 2.25. The second-order valence-corrected chi connectivity index (χ2v) is 6.14. The number of thiazole rings is 1. The van der Waals surface area contributed by atoms with Crippen LogP contribution in [0.1, 0.15) is 22.3 Å². The van der Waals surface area contributed by atoms with Gasteiger partial charge in [-0.05, 0) is 38.1 Å². The average molecular weight is 339 g/mol. The van der Waals surface area contributed by atoms with Gasteiger partial charge in [-0.2, -0.15) is 0 Å². The van der Waals surface area contributed by atoms with Crippen molar-refractivity contribution in [3.8, 4) is 17.1 Å². The largest absolute Gasteiger partial charge is 0.477 e. The summed E-state index contributed by atoms with van der Waals surface area (Å²) in [5.41, 5.74) is 2.99. The summed E-state index contributed by atoms with van der Waals surface area (Å²) in [5.74, 6) is 0.0851. The third-order valence-corrected chi connectivity index (χ3v) is 4.11. The molecule has 0 atom stereocenters. The Kier molecular flexibility index (Phi) is 4.86. The zero-order valence-electron chi connectivity index (χ0n) is 13.4. The number of carbonyl (C=O) groups excluding carboxylic acids is 1. The smallest absolute Gasteiger partial charge is 0.261 e. The van der Waals surface area contributed by atoms with E-state index in [-0.39, 0.29) is 5.91 Å². The van der Waals surface area contributed by atoms with Gasteiger partial charge in [0.05, 0.1) is 17.3 Å². The van der Waals surface area contributed by atoms with E-state index < -0.39 is 0 Å². The Morgan fingerprint density at radius 3 is 2.92 bits per heavy atom. The van der Waals surface area contributed by atoms with Crippen molar-refractivity contribution >= 4 is 22.9 Å². The van der Waals surface area contributed by atoms with Gasteiger partial charge >= 0.3 is 0 Å². The maximum atomic E-state index is 12.5. The zero-order valence-corrected chi connectivity index (χ0v) is 14.3. The Bertz CT molecular complexity index is 861. The summed E-state index contributed by atoms with van der Waals surface area (Å²) in [5, 5.41) is 5.91. The van der Waals surface area contributed by atoms with Crippen LogP contribution in [0.25, 0.3) is 11.3 Å². The topological polar surface area (TPSA) is 64.1 Å². The Morgan fingerprint density at radius 2 is 2.17 bits per heavy atom. The number of nitrogens with one attached hydrogen (secondary N) is 1. The van der Waals surface area contributed by atoms with Crippen LogP contribution in [0.3, 0.4) is 0 Å². The molecule has 0 saturated heterocycles. The number of amides is 1. The minimum Gasteiger partial charge on any atom is -0.477 e. The van der Waals surface area contributed by atoms with E-state index in [0.717, 1.165) is 16.3 Å². The maximum Gasteiger partial charge on any atom is 0.261 e. The summed E-state index contributed by atoms with van der Waals surface area (Å²) in [4.78, 5) is 21.1. The van der Waals surface area contributed by atoms with Crippen molar-refractivity contribution in [1.82, 2.24) is 9.97 Å². The summed E-state index contributed by atoms with van der Waals surface area (Å²) < 4.78 is 5.41. The summed E-state index contributed by atoms with van der Waals surface area (Å²) >= 11 is 1.60. The van der Waals surface area contributed by atoms with Crippen molar-refractivity contribution in [2.24, 2.45) is 0 Å². The van der Waals surface area contributed by atoms with Crippen LogP contribution in [0, 0.1) is 6.92 Å². The predicted octanol–water partition coefficient (Wildman–Crippen LogP) is 4.16. The number of aryl methyl sites for hydroxylation is 1. The molecule has 0 radical (unpaired) electrons. The number of ether oxygens (including phenoxy) is 1. The van der Waals surface area contributed by atoms with E-state index in [1.54, 1.807) is 29.7 Å². The maximum absolute atomic E-state index is 12.5. The highest BCUT2D eigenvalue weighted by molar-refractivity contribution is 7.09. The lowest BCUT2D eigenvalue weighted by Crippen LogP contribution is -2.14. The van der Waals surface area contributed by atoms with Crippen LogP contribution < -0.4 is 10.1 Å². The van der Waals surface area contributed by atoms with Gasteiger partial charge in [-0.15, -0.1) is 11.3 Å². The van der Waals surface area contributed by atoms with Crippen LogP contribution in [-0.2, 0) is 0 Å². The first-order valence-electron chi connectivity index (χ1n) is 7.59. The molecular weight excluding hydrogens is 322 g/mol. The molecule has 1 N–H and O–H groups in total. The molecule has 3 aromatic rings. The molecule has 1 aromatic carbocycles. The first-order chi connectivity index (χ1) is 11.7. The number of hydrogen-bond donors (Lipinski definition) is 1. The van der Waals surface area contributed by atoms with E-state index in [2.05, 4.69) is 15.3 Å². The van der Waals surface area contributed by atoms with Crippen molar-refractivity contribution < 1.29 is 9.53 Å². The van der Waals surface area contributed by atoms with Crippen molar-refractivity contribution in [2.75, 3.05) is 11.9 Å². The molecule has 0 spiro atoms. The lowest BCUT2D eigenvalue weighted by molar-refractivity contribution is 0.102. The fourth-order valence-electron chi connectivity index (χ4n) is 2.27. The molecule has 0 saturated carbocycles. The highest BCUT2D eigenvalue weighted by atomic mass is 32.1. The minimum absolute atomic E-state index is 0.252. The van der Waals surface area contributed by atoms with Crippen molar-refractivity contribution in [1.29, 1.82) is 0 Å². The van der Waals surface area contributed by atoms with Crippen molar-refractivity contribution in [3.05, 3.63) is 58.5 Å². The first kappa shape index (κ1) is 16.1.